The average molecular weight is 469 g/mol. The number of hydrogen-bond donors (Lipinski definition) is 1. The molecule has 1 aromatic heterocycles. The maximum atomic E-state index is 12.6. The van der Waals surface area contributed by atoms with Gasteiger partial charge in [0.15, 0.2) is 11.7 Å². The van der Waals surface area contributed by atoms with E-state index in [2.05, 4.69) is 5.32 Å². The second-order valence-electron chi connectivity index (χ2n) is 8.35. The summed E-state index contributed by atoms with van der Waals surface area (Å²) in [5, 5.41) is 13.7. The SMILES string of the molecule is Cc1cccc(C(C)C)c1NC(=O)C(C)OC(=O)CCCn1c(=O)oc2cc([N+](=O)[O-])ccc21. The van der Waals surface area contributed by atoms with Gasteiger partial charge in [0.1, 0.15) is 0 Å². The first kappa shape index (κ1) is 24.7. The lowest BCUT2D eigenvalue weighted by Gasteiger charge is -2.19. The number of rotatable bonds is 9. The van der Waals surface area contributed by atoms with E-state index in [-0.39, 0.29) is 36.6 Å². The van der Waals surface area contributed by atoms with Crippen LogP contribution in [-0.2, 0) is 20.9 Å². The van der Waals surface area contributed by atoms with Gasteiger partial charge in [0, 0.05) is 24.7 Å². The highest BCUT2D eigenvalue weighted by molar-refractivity contribution is 5.96. The summed E-state index contributed by atoms with van der Waals surface area (Å²) >= 11 is 0. The quantitative estimate of drug-likeness (QED) is 0.281. The Bertz CT molecular complexity index is 1290. The first-order valence-electron chi connectivity index (χ1n) is 11.0. The Hall–Kier alpha value is -3.95. The van der Waals surface area contributed by atoms with Crippen LogP contribution >= 0.6 is 0 Å². The highest BCUT2D eigenvalue weighted by atomic mass is 16.6. The lowest BCUT2D eigenvalue weighted by atomic mass is 9.98. The number of nitrogens with one attached hydrogen (secondary N) is 1. The number of nitro groups is 1. The summed E-state index contributed by atoms with van der Waals surface area (Å²) in [6.45, 7) is 7.62. The minimum Gasteiger partial charge on any atom is -0.453 e. The van der Waals surface area contributed by atoms with Crippen molar-refractivity contribution in [1.82, 2.24) is 4.57 Å². The number of carbonyl (C=O) groups excluding carboxylic acids is 2. The lowest BCUT2D eigenvalue weighted by molar-refractivity contribution is -0.384. The molecule has 1 unspecified atom stereocenters. The maximum Gasteiger partial charge on any atom is 0.419 e. The van der Waals surface area contributed by atoms with Gasteiger partial charge in [-0.1, -0.05) is 32.0 Å². The van der Waals surface area contributed by atoms with E-state index in [1.165, 1.54) is 29.7 Å². The fourth-order valence-electron chi connectivity index (χ4n) is 3.64. The van der Waals surface area contributed by atoms with Crippen LogP contribution in [0.15, 0.2) is 45.6 Å². The highest BCUT2D eigenvalue weighted by Crippen LogP contribution is 2.27. The molecule has 1 N–H and O–H groups in total. The first-order valence-corrected chi connectivity index (χ1v) is 11.0. The maximum absolute atomic E-state index is 12.6. The first-order chi connectivity index (χ1) is 16.1. The fraction of sp³-hybridized carbons (Fsp3) is 0.375. The van der Waals surface area contributed by atoms with Crippen LogP contribution in [0.1, 0.15) is 50.7 Å². The number of aromatic nitrogens is 1. The van der Waals surface area contributed by atoms with Gasteiger partial charge in [-0.3, -0.25) is 24.3 Å². The van der Waals surface area contributed by atoms with E-state index in [0.717, 1.165) is 16.8 Å². The van der Waals surface area contributed by atoms with E-state index in [0.29, 0.717) is 5.52 Å². The van der Waals surface area contributed by atoms with E-state index < -0.39 is 28.7 Å². The van der Waals surface area contributed by atoms with Crippen LogP contribution in [0.4, 0.5) is 11.4 Å². The molecule has 0 aliphatic rings. The molecule has 1 atom stereocenters. The molecule has 10 heteroatoms. The third-order valence-corrected chi connectivity index (χ3v) is 5.48. The molecule has 0 saturated carbocycles. The largest absolute Gasteiger partial charge is 0.453 e. The summed E-state index contributed by atoms with van der Waals surface area (Å²) in [5.74, 6) is -1.46. The number of ether oxygens (including phenoxy) is 1. The molecule has 0 saturated heterocycles. The van der Waals surface area contributed by atoms with Crippen molar-refractivity contribution >= 4 is 34.4 Å². The Morgan fingerprint density at radius 1 is 1.21 bits per heavy atom. The number of aryl methyl sites for hydroxylation is 2. The zero-order chi connectivity index (χ0) is 25.0. The second-order valence-corrected chi connectivity index (χ2v) is 8.35. The third kappa shape index (κ3) is 5.51. The zero-order valence-electron chi connectivity index (χ0n) is 19.5. The molecule has 0 aliphatic heterocycles. The molecule has 1 heterocycles. The smallest absolute Gasteiger partial charge is 0.419 e. The van der Waals surface area contributed by atoms with Crippen LogP contribution in [0.25, 0.3) is 11.1 Å². The Morgan fingerprint density at radius 3 is 2.62 bits per heavy atom. The predicted octanol–water partition coefficient (Wildman–Crippen LogP) is 4.29. The highest BCUT2D eigenvalue weighted by Gasteiger charge is 2.21. The van der Waals surface area contributed by atoms with Crippen LogP contribution in [0.5, 0.6) is 0 Å². The number of carbonyl (C=O) groups is 2. The van der Waals surface area contributed by atoms with Gasteiger partial charge >= 0.3 is 11.7 Å². The van der Waals surface area contributed by atoms with Gasteiger partial charge in [0.2, 0.25) is 0 Å². The van der Waals surface area contributed by atoms with E-state index in [1.807, 2.05) is 39.0 Å². The molecular formula is C24H27N3O7. The number of esters is 1. The summed E-state index contributed by atoms with van der Waals surface area (Å²) in [6, 6.07) is 9.67. The molecule has 34 heavy (non-hydrogen) atoms. The monoisotopic (exact) mass is 469 g/mol. The molecule has 180 valence electrons. The minimum atomic E-state index is -0.995. The molecule has 3 aromatic rings. The molecule has 1 amide bonds. The number of para-hydroxylation sites is 1. The number of fused-ring (bicyclic) bond motifs is 1. The van der Waals surface area contributed by atoms with E-state index in [4.69, 9.17) is 9.15 Å². The molecule has 10 nitrogen and oxygen atoms in total. The van der Waals surface area contributed by atoms with Crippen molar-refractivity contribution < 1.29 is 23.7 Å². The number of benzene rings is 2. The Morgan fingerprint density at radius 2 is 1.94 bits per heavy atom. The molecule has 0 aliphatic carbocycles. The van der Waals surface area contributed by atoms with Crippen molar-refractivity contribution in [1.29, 1.82) is 0 Å². The van der Waals surface area contributed by atoms with E-state index in [9.17, 15) is 24.5 Å². The van der Waals surface area contributed by atoms with Gasteiger partial charge in [0.25, 0.3) is 11.6 Å². The van der Waals surface area contributed by atoms with E-state index in [1.54, 1.807) is 0 Å². The fourth-order valence-corrected chi connectivity index (χ4v) is 3.64. The number of oxazole rings is 1. The molecule has 0 radical (unpaired) electrons. The van der Waals surface area contributed by atoms with Crippen molar-refractivity contribution in [3.63, 3.8) is 0 Å². The van der Waals surface area contributed by atoms with Crippen molar-refractivity contribution in [2.45, 2.75) is 59.1 Å². The predicted molar refractivity (Wildman–Crippen MR) is 126 cm³/mol. The van der Waals surface area contributed by atoms with Crippen LogP contribution in [-0.4, -0.2) is 27.5 Å². The summed E-state index contributed by atoms with van der Waals surface area (Å²) < 4.78 is 11.6. The van der Waals surface area contributed by atoms with Crippen LogP contribution in [0, 0.1) is 17.0 Å². The lowest BCUT2D eigenvalue weighted by Crippen LogP contribution is -2.30. The molecule has 0 fully saturated rings. The van der Waals surface area contributed by atoms with Gasteiger partial charge in [-0.2, -0.15) is 0 Å². The normalized spacial score (nSPS) is 12.0. The van der Waals surface area contributed by atoms with Gasteiger partial charge < -0.3 is 14.5 Å². The van der Waals surface area contributed by atoms with Crippen LogP contribution in [0.3, 0.4) is 0 Å². The Kier molecular flexibility index (Phi) is 7.50. The van der Waals surface area contributed by atoms with Gasteiger partial charge in [-0.25, -0.2) is 4.79 Å². The summed E-state index contributed by atoms with van der Waals surface area (Å²) in [6.07, 6.45) is -0.760. The van der Waals surface area contributed by atoms with Gasteiger partial charge in [-0.15, -0.1) is 0 Å². The van der Waals surface area contributed by atoms with Crippen LogP contribution < -0.4 is 11.1 Å². The van der Waals surface area contributed by atoms with Crippen molar-refractivity contribution in [3.05, 3.63) is 68.2 Å². The zero-order valence-corrected chi connectivity index (χ0v) is 19.5. The standard InChI is InChI=1S/C24H27N3O7/c1-14(2)18-8-5-7-15(3)22(18)25-23(29)16(4)33-21(28)9-6-12-26-19-11-10-17(27(31)32)13-20(19)34-24(26)30/h5,7-8,10-11,13-14,16H,6,9,12H2,1-4H3,(H,25,29). The molecule has 0 spiro atoms. The summed E-state index contributed by atoms with van der Waals surface area (Å²) in [4.78, 5) is 47.3. The van der Waals surface area contributed by atoms with Gasteiger partial charge in [-0.05, 0) is 43.4 Å². The topological polar surface area (TPSA) is 134 Å². The number of nitrogens with zero attached hydrogens (tertiary/aromatic N) is 2. The molecular weight excluding hydrogens is 442 g/mol. The molecule has 0 bridgehead atoms. The van der Waals surface area contributed by atoms with Crippen LogP contribution in [0.2, 0.25) is 0 Å². The van der Waals surface area contributed by atoms with Gasteiger partial charge in [0.05, 0.1) is 16.5 Å². The average Bonchev–Trinajstić information content (AvgIpc) is 3.09. The van der Waals surface area contributed by atoms with Crippen molar-refractivity contribution in [3.8, 4) is 0 Å². The minimum absolute atomic E-state index is 0.0225. The number of non-ortho nitro benzene ring substituents is 1. The summed E-state index contributed by atoms with van der Waals surface area (Å²) in [7, 11) is 0. The second kappa shape index (κ2) is 10.3. The van der Waals surface area contributed by atoms with Crippen molar-refractivity contribution in [2.75, 3.05) is 5.32 Å². The summed E-state index contributed by atoms with van der Waals surface area (Å²) in [5.41, 5.74) is 2.95. The Balaban J connectivity index is 1.57. The number of nitro benzene ring substituents is 1. The molecule has 2 aromatic carbocycles. The van der Waals surface area contributed by atoms with Crippen molar-refractivity contribution in [2.24, 2.45) is 0 Å². The number of hydrogen-bond acceptors (Lipinski definition) is 7. The number of amides is 1. The number of anilines is 1. The third-order valence-electron chi connectivity index (χ3n) is 5.48. The molecule has 3 rings (SSSR count). The Labute approximate surface area is 195 Å². The van der Waals surface area contributed by atoms with E-state index >= 15 is 0 Å².